The highest BCUT2D eigenvalue weighted by molar-refractivity contribution is 5.93. The molecular formula is C23H19FN4O. The molecule has 1 N–H and O–H groups in total. The second-order valence-corrected chi connectivity index (χ2v) is 6.72. The number of nitrogens with one attached hydrogen (secondary N) is 1. The van der Waals surface area contributed by atoms with Gasteiger partial charge in [-0.15, -0.1) is 0 Å². The zero-order chi connectivity index (χ0) is 20.2. The van der Waals surface area contributed by atoms with Crippen molar-refractivity contribution in [2.75, 3.05) is 0 Å². The van der Waals surface area contributed by atoms with E-state index in [9.17, 15) is 9.18 Å². The van der Waals surface area contributed by atoms with E-state index in [1.807, 2.05) is 43.3 Å². The summed E-state index contributed by atoms with van der Waals surface area (Å²) in [6.45, 7) is 2.42. The third kappa shape index (κ3) is 4.21. The SMILES string of the molecule is Cc1cccc(CNC(=O)c2cc(-c3cccnc3)n(-c3ccc(F)cc3)n2)c1. The number of benzene rings is 2. The van der Waals surface area contributed by atoms with Gasteiger partial charge in [-0.1, -0.05) is 29.8 Å². The van der Waals surface area contributed by atoms with Gasteiger partial charge in [-0.05, 0) is 55.0 Å². The van der Waals surface area contributed by atoms with Crippen molar-refractivity contribution in [3.63, 3.8) is 0 Å². The van der Waals surface area contributed by atoms with Crippen molar-refractivity contribution in [2.45, 2.75) is 13.5 Å². The number of aromatic nitrogens is 3. The van der Waals surface area contributed by atoms with Gasteiger partial charge in [0, 0.05) is 24.5 Å². The minimum atomic E-state index is -0.333. The van der Waals surface area contributed by atoms with Crippen LogP contribution in [0.2, 0.25) is 0 Å². The van der Waals surface area contributed by atoms with Gasteiger partial charge in [-0.2, -0.15) is 5.10 Å². The Labute approximate surface area is 167 Å². The van der Waals surface area contributed by atoms with Gasteiger partial charge in [-0.25, -0.2) is 9.07 Å². The molecule has 2 aromatic heterocycles. The largest absolute Gasteiger partial charge is 0.347 e. The van der Waals surface area contributed by atoms with Gasteiger partial charge in [0.1, 0.15) is 5.82 Å². The Balaban J connectivity index is 1.65. The highest BCUT2D eigenvalue weighted by Crippen LogP contribution is 2.23. The Morgan fingerprint density at radius 3 is 2.62 bits per heavy atom. The van der Waals surface area contributed by atoms with E-state index in [1.165, 1.54) is 12.1 Å². The molecule has 29 heavy (non-hydrogen) atoms. The molecule has 0 aliphatic heterocycles. The Bertz CT molecular complexity index is 1140. The fraction of sp³-hybridized carbons (Fsp3) is 0.0870. The molecule has 0 fully saturated rings. The maximum atomic E-state index is 13.3. The quantitative estimate of drug-likeness (QED) is 0.556. The average molecular weight is 386 g/mol. The number of halogens is 1. The monoisotopic (exact) mass is 386 g/mol. The molecule has 0 bridgehead atoms. The summed E-state index contributed by atoms with van der Waals surface area (Å²) in [5, 5.41) is 7.38. The van der Waals surface area contributed by atoms with Crippen LogP contribution in [0.3, 0.4) is 0 Å². The first-order valence-electron chi connectivity index (χ1n) is 9.20. The zero-order valence-corrected chi connectivity index (χ0v) is 15.8. The molecule has 4 rings (SSSR count). The lowest BCUT2D eigenvalue weighted by atomic mass is 10.1. The van der Waals surface area contributed by atoms with Gasteiger partial charge in [-0.3, -0.25) is 9.78 Å². The van der Waals surface area contributed by atoms with Crippen LogP contribution < -0.4 is 5.32 Å². The van der Waals surface area contributed by atoms with Crippen molar-refractivity contribution < 1.29 is 9.18 Å². The molecule has 0 spiro atoms. The number of hydrogen-bond donors (Lipinski definition) is 1. The number of pyridine rings is 1. The fourth-order valence-electron chi connectivity index (χ4n) is 3.09. The van der Waals surface area contributed by atoms with E-state index in [1.54, 1.807) is 35.3 Å². The molecule has 6 heteroatoms. The standard InChI is InChI=1S/C23H19FN4O/c1-16-4-2-5-17(12-16)14-26-23(29)21-13-22(18-6-3-11-25-15-18)28(27-21)20-9-7-19(24)8-10-20/h2-13,15H,14H2,1H3,(H,26,29). The first-order valence-corrected chi connectivity index (χ1v) is 9.20. The van der Waals surface area contributed by atoms with Crippen molar-refractivity contribution in [2.24, 2.45) is 0 Å². The van der Waals surface area contributed by atoms with Gasteiger partial charge in [0.05, 0.1) is 11.4 Å². The van der Waals surface area contributed by atoms with Gasteiger partial charge in [0.25, 0.3) is 5.91 Å². The Hall–Kier alpha value is -3.80. The van der Waals surface area contributed by atoms with Gasteiger partial charge in [0.2, 0.25) is 0 Å². The molecule has 0 atom stereocenters. The molecule has 144 valence electrons. The van der Waals surface area contributed by atoms with E-state index in [-0.39, 0.29) is 17.4 Å². The summed E-state index contributed by atoms with van der Waals surface area (Å²) in [5.41, 5.74) is 4.59. The number of nitrogens with zero attached hydrogens (tertiary/aromatic N) is 3. The third-order valence-electron chi connectivity index (χ3n) is 4.51. The molecule has 0 aliphatic carbocycles. The molecule has 0 unspecified atom stereocenters. The molecular weight excluding hydrogens is 367 g/mol. The van der Waals surface area contributed by atoms with Gasteiger partial charge < -0.3 is 5.32 Å². The highest BCUT2D eigenvalue weighted by Gasteiger charge is 2.17. The van der Waals surface area contributed by atoms with Crippen molar-refractivity contribution in [1.82, 2.24) is 20.1 Å². The van der Waals surface area contributed by atoms with Crippen molar-refractivity contribution in [1.29, 1.82) is 0 Å². The van der Waals surface area contributed by atoms with E-state index < -0.39 is 0 Å². The Morgan fingerprint density at radius 2 is 1.90 bits per heavy atom. The molecule has 0 saturated heterocycles. The number of carbonyl (C=O) groups excluding carboxylic acids is 1. The van der Waals surface area contributed by atoms with Gasteiger partial charge >= 0.3 is 0 Å². The van der Waals surface area contributed by atoms with Crippen LogP contribution in [0, 0.1) is 12.7 Å². The van der Waals surface area contributed by atoms with Crippen molar-refractivity contribution in [3.05, 3.63) is 102 Å². The zero-order valence-electron chi connectivity index (χ0n) is 15.8. The summed E-state index contributed by atoms with van der Waals surface area (Å²) in [6, 6.07) is 19.3. The summed E-state index contributed by atoms with van der Waals surface area (Å²) in [7, 11) is 0. The van der Waals surface area contributed by atoms with E-state index in [4.69, 9.17) is 0 Å². The number of hydrogen-bond acceptors (Lipinski definition) is 3. The third-order valence-corrected chi connectivity index (χ3v) is 4.51. The molecule has 4 aromatic rings. The molecule has 0 saturated carbocycles. The lowest BCUT2D eigenvalue weighted by molar-refractivity contribution is 0.0945. The smallest absolute Gasteiger partial charge is 0.272 e. The Morgan fingerprint density at radius 1 is 1.07 bits per heavy atom. The molecule has 0 radical (unpaired) electrons. The summed E-state index contributed by atoms with van der Waals surface area (Å²) in [6.07, 6.45) is 3.38. The van der Waals surface area contributed by atoms with E-state index >= 15 is 0 Å². The number of carbonyl (C=O) groups is 1. The van der Waals surface area contributed by atoms with Crippen LogP contribution in [0.25, 0.3) is 16.9 Å². The lowest BCUT2D eigenvalue weighted by Crippen LogP contribution is -2.23. The van der Waals surface area contributed by atoms with Crippen LogP contribution in [0.1, 0.15) is 21.6 Å². The molecule has 2 heterocycles. The molecule has 2 aromatic carbocycles. The summed E-state index contributed by atoms with van der Waals surface area (Å²) < 4.78 is 15.0. The number of aryl methyl sites for hydroxylation is 1. The first-order chi connectivity index (χ1) is 14.1. The second kappa shape index (κ2) is 8.06. The van der Waals surface area contributed by atoms with Crippen LogP contribution in [-0.2, 0) is 6.54 Å². The highest BCUT2D eigenvalue weighted by atomic mass is 19.1. The topological polar surface area (TPSA) is 59.8 Å². The molecule has 5 nitrogen and oxygen atoms in total. The van der Waals surface area contributed by atoms with E-state index in [0.717, 1.165) is 16.7 Å². The predicted octanol–water partition coefficient (Wildman–Crippen LogP) is 4.31. The maximum absolute atomic E-state index is 13.3. The minimum absolute atomic E-state index is 0.279. The van der Waals surface area contributed by atoms with Crippen LogP contribution in [0.15, 0.2) is 79.1 Å². The summed E-state index contributed by atoms with van der Waals surface area (Å²) in [5.74, 6) is -0.613. The summed E-state index contributed by atoms with van der Waals surface area (Å²) >= 11 is 0. The molecule has 0 aliphatic rings. The van der Waals surface area contributed by atoms with Crippen LogP contribution in [-0.4, -0.2) is 20.7 Å². The van der Waals surface area contributed by atoms with Gasteiger partial charge in [0.15, 0.2) is 5.69 Å². The maximum Gasteiger partial charge on any atom is 0.272 e. The van der Waals surface area contributed by atoms with E-state index in [0.29, 0.717) is 17.9 Å². The fourth-order valence-corrected chi connectivity index (χ4v) is 3.09. The number of rotatable bonds is 5. The average Bonchev–Trinajstić information content (AvgIpc) is 3.19. The van der Waals surface area contributed by atoms with Crippen LogP contribution in [0.4, 0.5) is 4.39 Å². The molecule has 1 amide bonds. The van der Waals surface area contributed by atoms with E-state index in [2.05, 4.69) is 15.4 Å². The van der Waals surface area contributed by atoms with Crippen LogP contribution >= 0.6 is 0 Å². The van der Waals surface area contributed by atoms with Crippen molar-refractivity contribution >= 4 is 5.91 Å². The van der Waals surface area contributed by atoms with Crippen LogP contribution in [0.5, 0.6) is 0 Å². The predicted molar refractivity (Wildman–Crippen MR) is 109 cm³/mol. The van der Waals surface area contributed by atoms with Crippen molar-refractivity contribution in [3.8, 4) is 16.9 Å². The first kappa shape index (κ1) is 18.6. The Kier molecular flexibility index (Phi) is 5.16. The summed E-state index contributed by atoms with van der Waals surface area (Å²) in [4.78, 5) is 16.9. The number of amides is 1. The minimum Gasteiger partial charge on any atom is -0.347 e. The second-order valence-electron chi connectivity index (χ2n) is 6.72. The normalized spacial score (nSPS) is 10.7. The lowest BCUT2D eigenvalue weighted by Gasteiger charge is -2.07.